The Bertz CT molecular complexity index is 750. The van der Waals surface area contributed by atoms with Crippen molar-refractivity contribution >= 4 is 17.7 Å². The lowest BCUT2D eigenvalue weighted by Gasteiger charge is -2.38. The van der Waals surface area contributed by atoms with E-state index in [0.717, 1.165) is 10.8 Å². The fourth-order valence-corrected chi connectivity index (χ4v) is 4.01. The Hall–Kier alpha value is -1.79. The normalized spacial score (nSPS) is 16.9. The molecule has 134 valence electrons. The van der Waals surface area contributed by atoms with E-state index in [4.69, 9.17) is 4.74 Å². The van der Waals surface area contributed by atoms with Crippen LogP contribution in [0.4, 0.5) is 0 Å². The summed E-state index contributed by atoms with van der Waals surface area (Å²) in [6, 6.07) is 6.41. The molecule has 1 aliphatic rings. The van der Waals surface area contributed by atoms with Gasteiger partial charge in [-0.3, -0.25) is 9.36 Å². The van der Waals surface area contributed by atoms with Crippen LogP contribution >= 0.6 is 11.8 Å². The molecule has 0 bridgehead atoms. The molecule has 1 aromatic heterocycles. The summed E-state index contributed by atoms with van der Waals surface area (Å²) >= 11 is 1.48. The maximum atomic E-state index is 12.5. The Morgan fingerprint density at radius 1 is 1.28 bits per heavy atom. The van der Waals surface area contributed by atoms with Gasteiger partial charge in [-0.05, 0) is 51.0 Å². The van der Waals surface area contributed by atoms with Crippen molar-refractivity contribution in [3.8, 4) is 5.69 Å². The van der Waals surface area contributed by atoms with Gasteiger partial charge in [-0.15, -0.1) is 0 Å². The number of thioether (sulfide) groups is 1. The van der Waals surface area contributed by atoms with Gasteiger partial charge in [0.15, 0.2) is 5.16 Å². The zero-order valence-electron chi connectivity index (χ0n) is 15.3. The highest BCUT2D eigenvalue weighted by atomic mass is 32.2. The fraction of sp³-hybridized carbons (Fsp3) is 0.474. The minimum atomic E-state index is -0.268. The minimum Gasteiger partial charge on any atom is -0.372 e. The van der Waals surface area contributed by atoms with Gasteiger partial charge >= 0.3 is 0 Å². The number of hydrogen-bond acceptors (Lipinski definition) is 4. The van der Waals surface area contributed by atoms with Crippen molar-refractivity contribution in [3.05, 3.63) is 41.7 Å². The smallest absolute Gasteiger partial charge is 0.233 e. The second-order valence-corrected chi connectivity index (χ2v) is 8.08. The molecule has 0 atom stereocenters. The molecule has 5 nitrogen and oxygen atoms in total. The summed E-state index contributed by atoms with van der Waals surface area (Å²) in [6.45, 7) is 10.1. The van der Waals surface area contributed by atoms with Gasteiger partial charge in [0.05, 0.1) is 18.0 Å². The van der Waals surface area contributed by atoms with Crippen molar-refractivity contribution < 1.29 is 9.53 Å². The van der Waals surface area contributed by atoms with Crippen LogP contribution in [0, 0.1) is 13.8 Å². The average Bonchev–Trinajstić information content (AvgIpc) is 2.99. The van der Waals surface area contributed by atoms with Crippen LogP contribution in [-0.2, 0) is 9.53 Å². The molecule has 1 aromatic carbocycles. The molecule has 1 fully saturated rings. The van der Waals surface area contributed by atoms with Gasteiger partial charge in [0.25, 0.3) is 0 Å². The summed E-state index contributed by atoms with van der Waals surface area (Å²) < 4.78 is 7.72. The molecule has 0 N–H and O–H groups in total. The van der Waals surface area contributed by atoms with E-state index in [2.05, 4.69) is 37.0 Å². The molecular weight excluding hydrogens is 334 g/mol. The summed E-state index contributed by atoms with van der Waals surface area (Å²) in [5.41, 5.74) is 3.24. The number of imidazole rings is 1. The first-order valence-corrected chi connectivity index (χ1v) is 9.49. The fourth-order valence-electron chi connectivity index (χ4n) is 3.13. The zero-order chi connectivity index (χ0) is 18.0. The van der Waals surface area contributed by atoms with Crippen molar-refractivity contribution in [2.24, 2.45) is 0 Å². The lowest BCUT2D eigenvalue weighted by molar-refractivity contribution is -0.143. The van der Waals surface area contributed by atoms with E-state index in [1.165, 1.54) is 22.9 Å². The van der Waals surface area contributed by atoms with Crippen molar-refractivity contribution in [3.63, 3.8) is 0 Å². The SMILES string of the molecule is Cc1cc(C)cc(-n2ccnc2SCC(=O)N2CCOC(C)(C)C2)c1. The van der Waals surface area contributed by atoms with E-state index in [9.17, 15) is 4.79 Å². The third-order valence-corrected chi connectivity index (χ3v) is 5.15. The number of rotatable bonds is 4. The molecule has 6 heteroatoms. The van der Waals surface area contributed by atoms with Gasteiger partial charge in [0.1, 0.15) is 0 Å². The van der Waals surface area contributed by atoms with Gasteiger partial charge in [0.2, 0.25) is 5.91 Å². The zero-order valence-corrected chi connectivity index (χ0v) is 16.1. The minimum absolute atomic E-state index is 0.136. The summed E-state index contributed by atoms with van der Waals surface area (Å²) in [5.74, 6) is 0.522. The number of aromatic nitrogens is 2. The number of morpholine rings is 1. The first-order chi connectivity index (χ1) is 11.8. The molecule has 25 heavy (non-hydrogen) atoms. The topological polar surface area (TPSA) is 47.4 Å². The van der Waals surface area contributed by atoms with Crippen LogP contribution < -0.4 is 0 Å². The van der Waals surface area contributed by atoms with Crippen LogP contribution in [0.3, 0.4) is 0 Å². The molecule has 1 aliphatic heterocycles. The lowest BCUT2D eigenvalue weighted by atomic mass is 10.1. The van der Waals surface area contributed by atoms with Crippen molar-refractivity contribution in [2.45, 2.75) is 38.5 Å². The molecule has 0 radical (unpaired) electrons. The monoisotopic (exact) mass is 359 g/mol. The van der Waals surface area contributed by atoms with E-state index >= 15 is 0 Å². The number of carbonyl (C=O) groups is 1. The van der Waals surface area contributed by atoms with Crippen molar-refractivity contribution in [1.82, 2.24) is 14.5 Å². The predicted octanol–water partition coefficient (Wildman–Crippen LogP) is 3.22. The molecular formula is C19H25N3O2S. The Balaban J connectivity index is 1.68. The van der Waals surface area contributed by atoms with E-state index < -0.39 is 0 Å². The largest absolute Gasteiger partial charge is 0.372 e. The number of benzene rings is 1. The van der Waals surface area contributed by atoms with E-state index in [-0.39, 0.29) is 11.5 Å². The van der Waals surface area contributed by atoms with E-state index in [1.54, 1.807) is 6.20 Å². The number of carbonyl (C=O) groups excluding carboxylic acids is 1. The first kappa shape index (κ1) is 18.0. The van der Waals surface area contributed by atoms with Gasteiger partial charge in [-0.1, -0.05) is 17.8 Å². The average molecular weight is 359 g/mol. The third kappa shape index (κ3) is 4.44. The molecule has 2 heterocycles. The second kappa shape index (κ2) is 7.22. The second-order valence-electron chi connectivity index (χ2n) is 7.14. The van der Waals surface area contributed by atoms with Crippen LogP contribution in [0.1, 0.15) is 25.0 Å². The highest BCUT2D eigenvalue weighted by Crippen LogP contribution is 2.23. The van der Waals surface area contributed by atoms with Gasteiger partial charge in [-0.25, -0.2) is 4.98 Å². The summed E-state index contributed by atoms with van der Waals surface area (Å²) in [5, 5.41) is 0.839. The summed E-state index contributed by atoms with van der Waals surface area (Å²) in [7, 11) is 0. The van der Waals surface area contributed by atoms with Crippen LogP contribution in [0.2, 0.25) is 0 Å². The molecule has 0 spiro atoms. The lowest BCUT2D eigenvalue weighted by Crippen LogP contribution is -2.51. The summed E-state index contributed by atoms with van der Waals surface area (Å²) in [4.78, 5) is 18.9. The van der Waals surface area contributed by atoms with Crippen molar-refractivity contribution in [1.29, 1.82) is 0 Å². The quantitative estimate of drug-likeness (QED) is 0.787. The third-order valence-electron chi connectivity index (χ3n) is 4.19. The van der Waals surface area contributed by atoms with Crippen LogP contribution in [0.15, 0.2) is 35.7 Å². The number of ether oxygens (including phenoxy) is 1. The Morgan fingerprint density at radius 3 is 2.68 bits per heavy atom. The van der Waals surface area contributed by atoms with E-state index in [0.29, 0.717) is 25.4 Å². The number of aryl methyl sites for hydroxylation is 2. The molecule has 0 saturated carbocycles. The standard InChI is InChI=1S/C19H25N3O2S/c1-14-9-15(2)11-16(10-14)22-6-5-20-18(22)25-12-17(23)21-7-8-24-19(3,4)13-21/h5-6,9-11H,7-8,12-13H2,1-4H3. The van der Waals surface area contributed by atoms with Crippen molar-refractivity contribution in [2.75, 3.05) is 25.4 Å². The Labute approximate surface area is 153 Å². The highest BCUT2D eigenvalue weighted by Gasteiger charge is 2.29. The highest BCUT2D eigenvalue weighted by molar-refractivity contribution is 7.99. The van der Waals surface area contributed by atoms with E-state index in [1.807, 2.05) is 29.5 Å². The molecule has 1 saturated heterocycles. The number of amides is 1. The van der Waals surface area contributed by atoms with Crippen LogP contribution in [-0.4, -0.2) is 51.4 Å². The Kier molecular flexibility index (Phi) is 5.20. The van der Waals surface area contributed by atoms with Crippen LogP contribution in [0.5, 0.6) is 0 Å². The van der Waals surface area contributed by atoms with Gasteiger partial charge in [-0.2, -0.15) is 0 Å². The molecule has 2 aromatic rings. The van der Waals surface area contributed by atoms with Gasteiger partial charge < -0.3 is 9.64 Å². The molecule has 0 aliphatic carbocycles. The Morgan fingerprint density at radius 2 is 2.00 bits per heavy atom. The number of hydrogen-bond donors (Lipinski definition) is 0. The molecule has 3 rings (SSSR count). The van der Waals surface area contributed by atoms with Crippen LogP contribution in [0.25, 0.3) is 5.69 Å². The molecule has 0 unspecified atom stereocenters. The summed E-state index contributed by atoms with van der Waals surface area (Å²) in [6.07, 6.45) is 3.72. The maximum Gasteiger partial charge on any atom is 0.233 e. The predicted molar refractivity (Wildman–Crippen MR) is 100 cm³/mol. The van der Waals surface area contributed by atoms with Gasteiger partial charge in [0, 0.05) is 31.2 Å². The maximum absolute atomic E-state index is 12.5. The number of nitrogens with zero attached hydrogens (tertiary/aromatic N) is 3. The molecule has 1 amide bonds. The first-order valence-electron chi connectivity index (χ1n) is 8.51.